The Bertz CT molecular complexity index is 388. The van der Waals surface area contributed by atoms with Crippen molar-refractivity contribution >= 4 is 15.9 Å². The maximum absolute atomic E-state index is 10.5. The smallest absolute Gasteiger partial charge is 0.123 e. The maximum Gasteiger partial charge on any atom is 0.123 e. The van der Waals surface area contributed by atoms with Gasteiger partial charge in [0.2, 0.25) is 0 Å². The Labute approximate surface area is 110 Å². The third-order valence-corrected chi connectivity index (χ3v) is 3.84. The molecule has 0 spiro atoms. The molecule has 1 aliphatic rings. The first-order valence-electron chi connectivity index (χ1n) is 6.00. The molecular formula is C12H19BrN2O2. The molecule has 1 aliphatic carbocycles. The van der Waals surface area contributed by atoms with Crippen LogP contribution in [0.4, 0.5) is 0 Å². The molecule has 2 unspecified atom stereocenters. The number of hydrogen-bond donors (Lipinski definition) is 1. The zero-order chi connectivity index (χ0) is 12.6. The third kappa shape index (κ3) is 2.56. The average molecular weight is 303 g/mol. The number of aliphatic hydroxyl groups is 1. The van der Waals surface area contributed by atoms with Gasteiger partial charge in [0, 0.05) is 13.2 Å². The second-order valence-corrected chi connectivity index (χ2v) is 5.75. The van der Waals surface area contributed by atoms with Crippen LogP contribution in [-0.4, -0.2) is 28.1 Å². The van der Waals surface area contributed by atoms with E-state index in [1.807, 2.05) is 4.68 Å². The highest BCUT2D eigenvalue weighted by molar-refractivity contribution is 9.10. The fourth-order valence-electron chi connectivity index (χ4n) is 2.20. The predicted molar refractivity (Wildman–Crippen MR) is 68.8 cm³/mol. The highest BCUT2D eigenvalue weighted by Crippen LogP contribution is 2.41. The number of ether oxygens (including phenoxy) is 1. The summed E-state index contributed by atoms with van der Waals surface area (Å²) in [6.45, 7) is 4.10. The fourth-order valence-corrected chi connectivity index (χ4v) is 2.71. The third-order valence-electron chi connectivity index (χ3n) is 3.23. The molecule has 0 radical (unpaired) electrons. The Kier molecular flexibility index (Phi) is 3.90. The Morgan fingerprint density at radius 2 is 2.18 bits per heavy atom. The molecule has 0 saturated heterocycles. The van der Waals surface area contributed by atoms with Gasteiger partial charge in [-0.1, -0.05) is 0 Å². The van der Waals surface area contributed by atoms with Gasteiger partial charge in [-0.15, -0.1) is 0 Å². The molecule has 1 saturated carbocycles. The standard InChI is InChI=1S/C12H19BrN2O2/c1-7(2)15-10(9(13)6-14-15)11(16)12(17-3)8-4-5-8/h6-8,11-12,16H,4-5H2,1-3H3. The summed E-state index contributed by atoms with van der Waals surface area (Å²) >= 11 is 3.45. The average Bonchev–Trinajstić information content (AvgIpc) is 3.01. The van der Waals surface area contributed by atoms with E-state index in [2.05, 4.69) is 34.9 Å². The predicted octanol–water partition coefficient (Wildman–Crippen LogP) is 2.68. The van der Waals surface area contributed by atoms with E-state index in [1.54, 1.807) is 13.3 Å². The van der Waals surface area contributed by atoms with Crippen molar-refractivity contribution in [1.82, 2.24) is 9.78 Å². The summed E-state index contributed by atoms with van der Waals surface area (Å²) in [5.41, 5.74) is 0.818. The van der Waals surface area contributed by atoms with E-state index in [0.717, 1.165) is 23.0 Å². The lowest BCUT2D eigenvalue weighted by Gasteiger charge is -2.23. The lowest BCUT2D eigenvalue weighted by molar-refractivity contribution is -0.0306. The van der Waals surface area contributed by atoms with Crippen molar-refractivity contribution in [2.24, 2.45) is 5.92 Å². The molecule has 5 heteroatoms. The van der Waals surface area contributed by atoms with Crippen molar-refractivity contribution in [3.05, 3.63) is 16.4 Å². The summed E-state index contributed by atoms with van der Waals surface area (Å²) in [6, 6.07) is 0.225. The number of nitrogens with zero attached hydrogens (tertiary/aromatic N) is 2. The molecular weight excluding hydrogens is 284 g/mol. The molecule has 2 rings (SSSR count). The molecule has 4 nitrogen and oxygen atoms in total. The second kappa shape index (κ2) is 5.08. The first-order chi connectivity index (χ1) is 8.06. The van der Waals surface area contributed by atoms with E-state index in [-0.39, 0.29) is 12.1 Å². The summed E-state index contributed by atoms with van der Waals surface area (Å²) in [5, 5.41) is 14.8. The minimum absolute atomic E-state index is 0.125. The molecule has 1 N–H and O–H groups in total. The molecule has 0 bridgehead atoms. The fraction of sp³-hybridized carbons (Fsp3) is 0.750. The zero-order valence-corrected chi connectivity index (χ0v) is 12.0. The van der Waals surface area contributed by atoms with Gasteiger partial charge in [0.25, 0.3) is 0 Å². The summed E-state index contributed by atoms with van der Waals surface area (Å²) < 4.78 is 8.14. The molecule has 96 valence electrons. The van der Waals surface area contributed by atoms with Crippen LogP contribution < -0.4 is 0 Å². The lowest BCUT2D eigenvalue weighted by atomic mass is 10.1. The van der Waals surface area contributed by atoms with Crippen molar-refractivity contribution in [1.29, 1.82) is 0 Å². The summed E-state index contributed by atoms with van der Waals surface area (Å²) in [7, 11) is 1.66. The van der Waals surface area contributed by atoms with Crippen LogP contribution in [0.15, 0.2) is 10.7 Å². The van der Waals surface area contributed by atoms with Crippen LogP contribution in [0.25, 0.3) is 0 Å². The molecule has 1 aromatic heterocycles. The Morgan fingerprint density at radius 1 is 1.53 bits per heavy atom. The largest absolute Gasteiger partial charge is 0.384 e. The van der Waals surface area contributed by atoms with Crippen molar-refractivity contribution in [2.75, 3.05) is 7.11 Å². The second-order valence-electron chi connectivity index (χ2n) is 4.90. The molecule has 1 aromatic rings. The molecule has 2 atom stereocenters. The van der Waals surface area contributed by atoms with E-state index in [9.17, 15) is 5.11 Å². The number of rotatable bonds is 5. The molecule has 0 aromatic carbocycles. The lowest BCUT2D eigenvalue weighted by Crippen LogP contribution is -2.26. The quantitative estimate of drug-likeness (QED) is 0.910. The number of methoxy groups -OCH3 is 1. The normalized spacial score (nSPS) is 19.6. The van der Waals surface area contributed by atoms with Crippen LogP contribution in [0.2, 0.25) is 0 Å². The molecule has 0 amide bonds. The summed E-state index contributed by atoms with van der Waals surface area (Å²) in [4.78, 5) is 0. The van der Waals surface area contributed by atoms with Crippen LogP contribution in [0, 0.1) is 5.92 Å². The van der Waals surface area contributed by atoms with Crippen molar-refractivity contribution < 1.29 is 9.84 Å². The van der Waals surface area contributed by atoms with Gasteiger partial charge in [0.1, 0.15) is 6.10 Å². The van der Waals surface area contributed by atoms with Gasteiger partial charge in [-0.2, -0.15) is 5.10 Å². The van der Waals surface area contributed by atoms with E-state index < -0.39 is 6.10 Å². The molecule has 0 aliphatic heterocycles. The van der Waals surface area contributed by atoms with Gasteiger partial charge in [0.15, 0.2) is 0 Å². The van der Waals surface area contributed by atoms with E-state index in [0.29, 0.717) is 5.92 Å². The minimum Gasteiger partial charge on any atom is -0.384 e. The number of halogens is 1. The van der Waals surface area contributed by atoms with Gasteiger partial charge in [-0.25, -0.2) is 0 Å². The van der Waals surface area contributed by atoms with Crippen LogP contribution >= 0.6 is 15.9 Å². The van der Waals surface area contributed by atoms with E-state index >= 15 is 0 Å². The highest BCUT2D eigenvalue weighted by atomic mass is 79.9. The van der Waals surface area contributed by atoms with Gasteiger partial charge >= 0.3 is 0 Å². The van der Waals surface area contributed by atoms with Gasteiger partial charge < -0.3 is 9.84 Å². The minimum atomic E-state index is -0.619. The van der Waals surface area contributed by atoms with E-state index in [1.165, 1.54) is 0 Å². The van der Waals surface area contributed by atoms with Crippen molar-refractivity contribution in [3.63, 3.8) is 0 Å². The van der Waals surface area contributed by atoms with Crippen LogP contribution in [0.1, 0.15) is 44.5 Å². The van der Waals surface area contributed by atoms with Crippen molar-refractivity contribution in [3.8, 4) is 0 Å². The maximum atomic E-state index is 10.5. The Hall–Kier alpha value is -0.390. The molecule has 1 heterocycles. The van der Waals surface area contributed by atoms with Gasteiger partial charge in [-0.3, -0.25) is 4.68 Å². The van der Waals surface area contributed by atoms with Crippen LogP contribution in [0.3, 0.4) is 0 Å². The van der Waals surface area contributed by atoms with Crippen LogP contribution in [-0.2, 0) is 4.74 Å². The highest BCUT2D eigenvalue weighted by Gasteiger charge is 2.39. The van der Waals surface area contributed by atoms with E-state index in [4.69, 9.17) is 4.74 Å². The monoisotopic (exact) mass is 302 g/mol. The number of hydrogen-bond acceptors (Lipinski definition) is 3. The first kappa shape index (κ1) is 13.1. The van der Waals surface area contributed by atoms with Gasteiger partial charge in [-0.05, 0) is 48.5 Å². The van der Waals surface area contributed by atoms with Crippen molar-refractivity contribution in [2.45, 2.75) is 44.9 Å². The Balaban J connectivity index is 2.28. The molecule has 1 fully saturated rings. The molecule has 17 heavy (non-hydrogen) atoms. The zero-order valence-electron chi connectivity index (χ0n) is 10.4. The Morgan fingerprint density at radius 3 is 2.65 bits per heavy atom. The SMILES string of the molecule is COC(C1CC1)C(O)c1c(Br)cnn1C(C)C. The van der Waals surface area contributed by atoms with Crippen LogP contribution in [0.5, 0.6) is 0 Å². The summed E-state index contributed by atoms with van der Waals surface area (Å²) in [5.74, 6) is 0.484. The number of aliphatic hydroxyl groups excluding tert-OH is 1. The first-order valence-corrected chi connectivity index (χ1v) is 6.79. The number of aromatic nitrogens is 2. The summed E-state index contributed by atoms with van der Waals surface area (Å²) in [6.07, 6.45) is 3.27. The van der Waals surface area contributed by atoms with Gasteiger partial charge in [0.05, 0.1) is 22.5 Å². The topological polar surface area (TPSA) is 47.3 Å².